The number of methoxy groups -OCH3 is 2. The number of amidine groups is 1. The summed E-state index contributed by atoms with van der Waals surface area (Å²) < 4.78 is 21.6. The second kappa shape index (κ2) is 8.09. The van der Waals surface area contributed by atoms with Crippen molar-refractivity contribution in [2.75, 3.05) is 20.8 Å². The number of hydrogen-bond acceptors (Lipinski definition) is 7. The number of aromatic nitrogens is 1. The van der Waals surface area contributed by atoms with E-state index in [0.717, 1.165) is 17.9 Å². The SMILES string of the molecule is COc1cc(/C(N)=N/O)cc(OC)c1OCCCc1cc(C)no1. The fraction of sp³-hybridized carbons (Fsp3) is 0.375. The van der Waals surface area contributed by atoms with Crippen molar-refractivity contribution >= 4 is 5.84 Å². The number of nitrogens with two attached hydrogens (primary N) is 1. The van der Waals surface area contributed by atoms with Crippen molar-refractivity contribution < 1.29 is 23.9 Å². The van der Waals surface area contributed by atoms with E-state index in [4.69, 9.17) is 29.7 Å². The highest BCUT2D eigenvalue weighted by molar-refractivity contribution is 5.98. The average Bonchev–Trinajstić information content (AvgIpc) is 3.02. The summed E-state index contributed by atoms with van der Waals surface area (Å²) in [5.41, 5.74) is 6.93. The molecule has 24 heavy (non-hydrogen) atoms. The first-order valence-corrected chi connectivity index (χ1v) is 7.38. The minimum absolute atomic E-state index is 0.0427. The van der Waals surface area contributed by atoms with E-state index in [9.17, 15) is 0 Å². The van der Waals surface area contributed by atoms with Crippen molar-refractivity contribution in [3.63, 3.8) is 0 Å². The third kappa shape index (κ3) is 4.09. The van der Waals surface area contributed by atoms with Crippen LogP contribution in [0, 0.1) is 6.92 Å². The summed E-state index contributed by atoms with van der Waals surface area (Å²) in [5.74, 6) is 2.11. The number of aryl methyl sites for hydroxylation is 2. The van der Waals surface area contributed by atoms with Crippen LogP contribution in [0.5, 0.6) is 17.2 Å². The molecule has 0 aliphatic rings. The van der Waals surface area contributed by atoms with Gasteiger partial charge in [-0.3, -0.25) is 0 Å². The zero-order chi connectivity index (χ0) is 17.5. The van der Waals surface area contributed by atoms with E-state index in [1.807, 2.05) is 13.0 Å². The molecule has 0 aliphatic carbocycles. The van der Waals surface area contributed by atoms with Gasteiger partial charge in [-0.2, -0.15) is 0 Å². The Bertz CT molecular complexity index is 686. The Morgan fingerprint density at radius 1 is 1.25 bits per heavy atom. The second-order valence-corrected chi connectivity index (χ2v) is 5.08. The molecule has 0 aliphatic heterocycles. The van der Waals surface area contributed by atoms with Crippen molar-refractivity contribution in [2.45, 2.75) is 19.8 Å². The predicted molar refractivity (Wildman–Crippen MR) is 87.1 cm³/mol. The molecule has 3 N–H and O–H groups in total. The first-order chi connectivity index (χ1) is 11.6. The van der Waals surface area contributed by atoms with E-state index in [-0.39, 0.29) is 5.84 Å². The van der Waals surface area contributed by atoms with Gasteiger partial charge in [0.15, 0.2) is 17.3 Å². The normalized spacial score (nSPS) is 11.4. The van der Waals surface area contributed by atoms with Crippen LogP contribution in [0.4, 0.5) is 0 Å². The van der Waals surface area contributed by atoms with E-state index >= 15 is 0 Å². The fourth-order valence-electron chi connectivity index (χ4n) is 2.18. The van der Waals surface area contributed by atoms with Crippen LogP contribution in [0.2, 0.25) is 0 Å². The zero-order valence-corrected chi connectivity index (χ0v) is 13.9. The van der Waals surface area contributed by atoms with Gasteiger partial charge in [-0.05, 0) is 25.5 Å². The highest BCUT2D eigenvalue weighted by Gasteiger charge is 2.16. The molecule has 0 fully saturated rings. The van der Waals surface area contributed by atoms with Gasteiger partial charge < -0.3 is 29.7 Å². The molecule has 130 valence electrons. The third-order valence-electron chi connectivity index (χ3n) is 3.35. The minimum Gasteiger partial charge on any atom is -0.493 e. The largest absolute Gasteiger partial charge is 0.493 e. The van der Waals surface area contributed by atoms with E-state index in [0.29, 0.717) is 35.8 Å². The fourth-order valence-corrected chi connectivity index (χ4v) is 2.18. The Balaban J connectivity index is 2.07. The number of benzene rings is 1. The lowest BCUT2D eigenvalue weighted by molar-refractivity contribution is 0.266. The van der Waals surface area contributed by atoms with Crippen molar-refractivity contribution in [3.8, 4) is 17.2 Å². The Labute approximate surface area is 139 Å². The first kappa shape index (κ1) is 17.5. The van der Waals surface area contributed by atoms with Gasteiger partial charge in [-0.15, -0.1) is 0 Å². The summed E-state index contributed by atoms with van der Waals surface area (Å²) >= 11 is 0. The van der Waals surface area contributed by atoms with Crippen LogP contribution >= 0.6 is 0 Å². The van der Waals surface area contributed by atoms with Gasteiger partial charge >= 0.3 is 0 Å². The van der Waals surface area contributed by atoms with Gasteiger partial charge in [0.1, 0.15) is 5.76 Å². The molecular formula is C16H21N3O5. The molecule has 1 heterocycles. The molecular weight excluding hydrogens is 314 g/mol. The number of rotatable bonds is 8. The average molecular weight is 335 g/mol. The summed E-state index contributed by atoms with van der Waals surface area (Å²) in [6, 6.07) is 5.13. The quantitative estimate of drug-likeness (QED) is 0.250. The van der Waals surface area contributed by atoms with E-state index < -0.39 is 0 Å². The van der Waals surface area contributed by atoms with Crippen molar-refractivity contribution in [1.29, 1.82) is 0 Å². The molecule has 1 aromatic heterocycles. The Morgan fingerprint density at radius 2 is 1.92 bits per heavy atom. The smallest absolute Gasteiger partial charge is 0.203 e. The molecule has 0 saturated heterocycles. The zero-order valence-electron chi connectivity index (χ0n) is 13.9. The highest BCUT2D eigenvalue weighted by atomic mass is 16.5. The Kier molecular flexibility index (Phi) is 5.89. The molecule has 0 amide bonds. The molecule has 0 radical (unpaired) electrons. The first-order valence-electron chi connectivity index (χ1n) is 7.38. The van der Waals surface area contributed by atoms with Crippen molar-refractivity contribution in [2.24, 2.45) is 10.9 Å². The lowest BCUT2D eigenvalue weighted by Crippen LogP contribution is -2.14. The van der Waals surface area contributed by atoms with Gasteiger partial charge in [-0.25, -0.2) is 0 Å². The van der Waals surface area contributed by atoms with Crippen LogP contribution in [0.25, 0.3) is 0 Å². The summed E-state index contributed by atoms with van der Waals surface area (Å²) in [4.78, 5) is 0. The Hall–Kier alpha value is -2.90. The van der Waals surface area contributed by atoms with Gasteiger partial charge in [0.05, 0.1) is 26.5 Å². The maximum atomic E-state index is 8.80. The molecule has 0 bridgehead atoms. The molecule has 8 nitrogen and oxygen atoms in total. The van der Waals surface area contributed by atoms with E-state index in [2.05, 4.69) is 10.3 Å². The number of hydrogen-bond donors (Lipinski definition) is 2. The van der Waals surface area contributed by atoms with Crippen LogP contribution in [-0.2, 0) is 6.42 Å². The van der Waals surface area contributed by atoms with Gasteiger partial charge in [-0.1, -0.05) is 10.3 Å². The summed E-state index contributed by atoms with van der Waals surface area (Å²) in [7, 11) is 3.02. The van der Waals surface area contributed by atoms with E-state index in [1.54, 1.807) is 12.1 Å². The topological polar surface area (TPSA) is 112 Å². The van der Waals surface area contributed by atoms with Crippen molar-refractivity contribution in [3.05, 3.63) is 35.2 Å². The molecule has 0 saturated carbocycles. The standard InChI is InChI=1S/C16H21N3O5/c1-10-7-12(24-19-10)5-4-6-23-15-13(21-2)8-11(16(17)18-20)9-14(15)22-3/h7-9,20H,4-6H2,1-3H3,(H2,17,18). The maximum absolute atomic E-state index is 8.80. The molecule has 0 spiro atoms. The van der Waals surface area contributed by atoms with Gasteiger partial charge in [0.2, 0.25) is 5.75 Å². The van der Waals surface area contributed by atoms with Crippen LogP contribution in [0.3, 0.4) is 0 Å². The Morgan fingerprint density at radius 3 is 2.42 bits per heavy atom. The monoisotopic (exact) mass is 335 g/mol. The lowest BCUT2D eigenvalue weighted by atomic mass is 10.1. The van der Waals surface area contributed by atoms with Gasteiger partial charge in [0.25, 0.3) is 0 Å². The third-order valence-corrected chi connectivity index (χ3v) is 3.35. The molecule has 0 atom stereocenters. The molecule has 2 rings (SSSR count). The number of nitrogens with zero attached hydrogens (tertiary/aromatic N) is 2. The lowest BCUT2D eigenvalue weighted by Gasteiger charge is -2.15. The van der Waals surface area contributed by atoms with Gasteiger partial charge in [0, 0.05) is 18.1 Å². The molecule has 0 unspecified atom stereocenters. The molecule has 1 aromatic carbocycles. The van der Waals surface area contributed by atoms with Crippen LogP contribution < -0.4 is 19.9 Å². The van der Waals surface area contributed by atoms with Crippen LogP contribution in [0.15, 0.2) is 27.9 Å². The van der Waals surface area contributed by atoms with Crippen molar-refractivity contribution in [1.82, 2.24) is 5.16 Å². The highest BCUT2D eigenvalue weighted by Crippen LogP contribution is 2.38. The summed E-state index contributed by atoms with van der Waals surface area (Å²) in [5, 5.41) is 15.6. The summed E-state index contributed by atoms with van der Waals surface area (Å²) in [6.07, 6.45) is 1.45. The molecule has 2 aromatic rings. The minimum atomic E-state index is -0.0427. The summed E-state index contributed by atoms with van der Waals surface area (Å²) in [6.45, 7) is 2.32. The number of oxime groups is 1. The van der Waals surface area contributed by atoms with Crippen LogP contribution in [0.1, 0.15) is 23.4 Å². The second-order valence-electron chi connectivity index (χ2n) is 5.08. The molecule has 8 heteroatoms. The van der Waals surface area contributed by atoms with E-state index in [1.165, 1.54) is 14.2 Å². The number of ether oxygens (including phenoxy) is 3. The predicted octanol–water partition coefficient (Wildman–Crippen LogP) is 2.11. The van der Waals surface area contributed by atoms with Crippen LogP contribution in [-0.4, -0.2) is 37.0 Å². The maximum Gasteiger partial charge on any atom is 0.203 e.